The molecule has 0 aromatic heterocycles. The Labute approximate surface area is 151 Å². The van der Waals surface area contributed by atoms with Gasteiger partial charge in [-0.25, -0.2) is 0 Å². The Bertz CT molecular complexity index is 974. The van der Waals surface area contributed by atoms with Crippen molar-refractivity contribution in [3.8, 4) is 34.1 Å². The first-order valence-electron chi connectivity index (χ1n) is 8.58. The summed E-state index contributed by atoms with van der Waals surface area (Å²) in [7, 11) is 1.63. The number of benzene rings is 3. The van der Waals surface area contributed by atoms with E-state index in [0.29, 0.717) is 12.2 Å². The maximum absolute atomic E-state index is 10.7. The number of aromatic hydroxyl groups is 3. The first kappa shape index (κ1) is 16.3. The van der Waals surface area contributed by atoms with Crippen molar-refractivity contribution in [1.82, 2.24) is 0 Å². The van der Waals surface area contributed by atoms with Gasteiger partial charge in [0, 0.05) is 17.5 Å². The van der Waals surface area contributed by atoms with Crippen molar-refractivity contribution in [2.45, 2.75) is 19.3 Å². The molecule has 0 fully saturated rings. The zero-order valence-electron chi connectivity index (χ0n) is 14.5. The summed E-state index contributed by atoms with van der Waals surface area (Å²) in [6.07, 6.45) is 2.12. The molecule has 3 aromatic rings. The Morgan fingerprint density at radius 2 is 1.58 bits per heavy atom. The van der Waals surface area contributed by atoms with Gasteiger partial charge in [0.1, 0.15) is 23.0 Å². The van der Waals surface area contributed by atoms with Crippen LogP contribution >= 0.6 is 0 Å². The van der Waals surface area contributed by atoms with Crippen LogP contribution in [0.4, 0.5) is 0 Å². The average Bonchev–Trinajstić information content (AvgIpc) is 2.63. The molecule has 0 aliphatic heterocycles. The predicted molar refractivity (Wildman–Crippen MR) is 100 cm³/mol. The number of hydrogen-bond donors (Lipinski definition) is 3. The summed E-state index contributed by atoms with van der Waals surface area (Å²) in [5.74, 6) is 1.38. The fourth-order valence-corrected chi connectivity index (χ4v) is 3.76. The van der Waals surface area contributed by atoms with Gasteiger partial charge in [0.15, 0.2) is 0 Å². The Hall–Kier alpha value is -3.14. The molecule has 0 spiro atoms. The highest BCUT2D eigenvalue weighted by atomic mass is 16.5. The van der Waals surface area contributed by atoms with Gasteiger partial charge in [0.25, 0.3) is 0 Å². The second kappa shape index (κ2) is 6.30. The number of rotatable bonds is 3. The first-order chi connectivity index (χ1) is 12.6. The summed E-state index contributed by atoms with van der Waals surface area (Å²) in [5, 5.41) is 29.9. The Balaban J connectivity index is 1.83. The molecule has 4 nitrogen and oxygen atoms in total. The molecule has 132 valence electrons. The van der Waals surface area contributed by atoms with Crippen molar-refractivity contribution >= 4 is 0 Å². The zero-order chi connectivity index (χ0) is 18.3. The van der Waals surface area contributed by atoms with Gasteiger partial charge in [-0.3, -0.25) is 0 Å². The van der Waals surface area contributed by atoms with Gasteiger partial charge in [0.05, 0.1) is 7.11 Å². The molecule has 0 saturated heterocycles. The van der Waals surface area contributed by atoms with Crippen LogP contribution in [0.3, 0.4) is 0 Å². The number of phenols is 3. The summed E-state index contributed by atoms with van der Waals surface area (Å²) >= 11 is 0. The highest BCUT2D eigenvalue weighted by Gasteiger charge is 2.24. The monoisotopic (exact) mass is 348 g/mol. The van der Waals surface area contributed by atoms with E-state index in [0.717, 1.165) is 46.2 Å². The number of aryl methyl sites for hydroxylation is 1. The molecule has 1 aliphatic rings. The van der Waals surface area contributed by atoms with Crippen LogP contribution in [0, 0.1) is 0 Å². The van der Waals surface area contributed by atoms with Gasteiger partial charge >= 0.3 is 0 Å². The van der Waals surface area contributed by atoms with E-state index in [1.165, 1.54) is 0 Å². The minimum absolute atomic E-state index is 0.189. The van der Waals surface area contributed by atoms with E-state index in [2.05, 4.69) is 0 Å². The van der Waals surface area contributed by atoms with Crippen LogP contribution in [-0.4, -0.2) is 22.4 Å². The van der Waals surface area contributed by atoms with E-state index >= 15 is 0 Å². The summed E-state index contributed by atoms with van der Waals surface area (Å²) in [4.78, 5) is 0. The van der Waals surface area contributed by atoms with Crippen LogP contribution < -0.4 is 4.74 Å². The molecular weight excluding hydrogens is 328 g/mol. The molecule has 4 heteroatoms. The maximum atomic E-state index is 10.7. The second-order valence-electron chi connectivity index (χ2n) is 6.62. The molecule has 1 aliphatic carbocycles. The number of ether oxygens (including phenoxy) is 1. The largest absolute Gasteiger partial charge is 0.508 e. The molecule has 3 N–H and O–H groups in total. The topological polar surface area (TPSA) is 69.9 Å². The fourth-order valence-electron chi connectivity index (χ4n) is 3.76. The standard InChI is InChI=1S/C22H20O4/c1-26-22-18-8-4-14-11-16(24)7-9-17(14)19(18)12-21(25)20(22)10-13-2-5-15(23)6-3-13/h2-3,5-7,9,11-12,23-25H,4,8,10H2,1H3. The number of fused-ring (bicyclic) bond motifs is 3. The minimum atomic E-state index is 0.189. The number of hydrogen-bond acceptors (Lipinski definition) is 4. The Kier molecular flexibility index (Phi) is 3.96. The van der Waals surface area contributed by atoms with E-state index in [1.54, 1.807) is 37.4 Å². The van der Waals surface area contributed by atoms with Crippen LogP contribution in [0.5, 0.6) is 23.0 Å². The lowest BCUT2D eigenvalue weighted by Gasteiger charge is -2.25. The summed E-state index contributed by atoms with van der Waals surface area (Å²) in [6, 6.07) is 14.1. The van der Waals surface area contributed by atoms with Crippen molar-refractivity contribution in [3.63, 3.8) is 0 Å². The van der Waals surface area contributed by atoms with Crippen LogP contribution in [0.15, 0.2) is 48.5 Å². The van der Waals surface area contributed by atoms with Crippen LogP contribution in [0.1, 0.15) is 22.3 Å². The smallest absolute Gasteiger partial charge is 0.129 e. The highest BCUT2D eigenvalue weighted by Crippen LogP contribution is 2.45. The lowest BCUT2D eigenvalue weighted by atomic mass is 9.83. The maximum Gasteiger partial charge on any atom is 0.129 e. The average molecular weight is 348 g/mol. The van der Waals surface area contributed by atoms with E-state index < -0.39 is 0 Å². The van der Waals surface area contributed by atoms with Gasteiger partial charge in [0.2, 0.25) is 0 Å². The molecule has 26 heavy (non-hydrogen) atoms. The number of methoxy groups -OCH3 is 1. The molecule has 4 rings (SSSR count). The molecular formula is C22H20O4. The summed E-state index contributed by atoms with van der Waals surface area (Å²) < 4.78 is 5.70. The van der Waals surface area contributed by atoms with E-state index in [1.807, 2.05) is 18.2 Å². The van der Waals surface area contributed by atoms with Gasteiger partial charge in [-0.15, -0.1) is 0 Å². The molecule has 0 bridgehead atoms. The third kappa shape index (κ3) is 2.73. The molecule has 0 saturated carbocycles. The highest BCUT2D eigenvalue weighted by molar-refractivity contribution is 5.79. The van der Waals surface area contributed by atoms with E-state index in [9.17, 15) is 15.3 Å². The van der Waals surface area contributed by atoms with Gasteiger partial charge in [-0.1, -0.05) is 18.2 Å². The van der Waals surface area contributed by atoms with Gasteiger partial charge in [-0.2, -0.15) is 0 Å². The van der Waals surface area contributed by atoms with Crippen LogP contribution in [0.25, 0.3) is 11.1 Å². The van der Waals surface area contributed by atoms with Crippen LogP contribution in [-0.2, 0) is 19.3 Å². The van der Waals surface area contributed by atoms with Crippen molar-refractivity contribution in [2.24, 2.45) is 0 Å². The molecule has 3 aromatic carbocycles. The first-order valence-corrected chi connectivity index (χ1v) is 8.58. The van der Waals surface area contributed by atoms with Crippen molar-refractivity contribution in [2.75, 3.05) is 7.11 Å². The summed E-state index contributed by atoms with van der Waals surface area (Å²) in [6.45, 7) is 0. The van der Waals surface area contributed by atoms with Gasteiger partial charge in [-0.05, 0) is 65.4 Å². The van der Waals surface area contributed by atoms with Crippen molar-refractivity contribution < 1.29 is 20.1 Å². The van der Waals surface area contributed by atoms with Crippen molar-refractivity contribution in [3.05, 3.63) is 70.8 Å². The van der Waals surface area contributed by atoms with E-state index in [4.69, 9.17) is 4.74 Å². The Morgan fingerprint density at radius 1 is 0.846 bits per heavy atom. The summed E-state index contributed by atoms with van der Waals surface area (Å²) in [5.41, 5.74) is 5.86. The zero-order valence-corrected chi connectivity index (χ0v) is 14.5. The molecule has 0 atom stereocenters. The van der Waals surface area contributed by atoms with Crippen LogP contribution in [0.2, 0.25) is 0 Å². The Morgan fingerprint density at radius 3 is 2.31 bits per heavy atom. The normalized spacial score (nSPS) is 12.3. The lowest BCUT2D eigenvalue weighted by molar-refractivity contribution is 0.396. The molecule has 0 radical (unpaired) electrons. The molecule has 0 unspecified atom stereocenters. The third-order valence-corrected chi connectivity index (χ3v) is 5.01. The SMILES string of the molecule is COc1c(Cc2ccc(O)cc2)c(O)cc2c1CCc1cc(O)ccc1-2. The predicted octanol–water partition coefficient (Wildman–Crippen LogP) is 4.17. The van der Waals surface area contributed by atoms with E-state index in [-0.39, 0.29) is 17.2 Å². The minimum Gasteiger partial charge on any atom is -0.508 e. The third-order valence-electron chi connectivity index (χ3n) is 5.01. The van der Waals surface area contributed by atoms with Gasteiger partial charge < -0.3 is 20.1 Å². The molecule has 0 heterocycles. The second-order valence-corrected chi connectivity index (χ2v) is 6.62. The fraction of sp³-hybridized carbons (Fsp3) is 0.182. The van der Waals surface area contributed by atoms with Crippen molar-refractivity contribution in [1.29, 1.82) is 0 Å². The number of phenolic OH excluding ortho intramolecular Hbond substituents is 3. The quantitative estimate of drug-likeness (QED) is 0.664. The molecule has 0 amide bonds. The lowest BCUT2D eigenvalue weighted by Crippen LogP contribution is -2.08.